The van der Waals surface area contributed by atoms with Gasteiger partial charge in [-0.05, 0) is 31.2 Å². The summed E-state index contributed by atoms with van der Waals surface area (Å²) in [5.74, 6) is 0.723. The average Bonchev–Trinajstić information content (AvgIpc) is 2.48. The first-order valence-corrected chi connectivity index (χ1v) is 6.19. The molecule has 0 aliphatic heterocycles. The molecule has 108 valence electrons. The van der Waals surface area contributed by atoms with Crippen LogP contribution in [0, 0.1) is 17.0 Å². The van der Waals surface area contributed by atoms with Crippen molar-refractivity contribution < 1.29 is 14.5 Å². The summed E-state index contributed by atoms with van der Waals surface area (Å²) in [6.45, 7) is 1.95. The smallest absolute Gasteiger partial charge is 0.312 e. The second kappa shape index (κ2) is 6.51. The molecule has 0 spiro atoms. The van der Waals surface area contributed by atoms with Crippen molar-refractivity contribution in [3.05, 3.63) is 63.7 Å². The predicted molar refractivity (Wildman–Crippen MR) is 79.0 cm³/mol. The van der Waals surface area contributed by atoms with Gasteiger partial charge in [-0.15, -0.1) is 0 Å². The molecule has 0 bridgehead atoms. The predicted octanol–water partition coefficient (Wildman–Crippen LogP) is 3.68. The van der Waals surface area contributed by atoms with Crippen LogP contribution >= 0.6 is 0 Å². The Labute approximate surface area is 121 Å². The van der Waals surface area contributed by atoms with Crippen molar-refractivity contribution in [2.45, 2.75) is 6.92 Å². The van der Waals surface area contributed by atoms with Gasteiger partial charge >= 0.3 is 5.69 Å². The minimum Gasteiger partial charge on any atom is -0.450 e. The lowest BCUT2D eigenvalue weighted by molar-refractivity contribution is -0.385. The zero-order valence-electron chi connectivity index (χ0n) is 11.6. The molecule has 0 aliphatic rings. The van der Waals surface area contributed by atoms with Gasteiger partial charge in [0.25, 0.3) is 0 Å². The Bertz CT molecular complexity index is 666. The van der Waals surface area contributed by atoms with E-state index < -0.39 is 4.92 Å². The molecule has 2 rings (SSSR count). The van der Waals surface area contributed by atoms with Crippen LogP contribution < -0.4 is 4.74 Å². The van der Waals surface area contributed by atoms with E-state index in [2.05, 4.69) is 9.99 Å². The van der Waals surface area contributed by atoms with Crippen molar-refractivity contribution in [1.82, 2.24) is 0 Å². The second-order valence-corrected chi connectivity index (χ2v) is 4.32. The number of benzene rings is 2. The topological polar surface area (TPSA) is 74.0 Å². The number of nitrogens with zero attached hydrogens (tertiary/aromatic N) is 2. The van der Waals surface area contributed by atoms with Crippen LogP contribution in [-0.2, 0) is 4.84 Å². The number of rotatable bonds is 5. The van der Waals surface area contributed by atoms with Gasteiger partial charge in [-0.3, -0.25) is 10.1 Å². The largest absolute Gasteiger partial charge is 0.450 e. The number of hydrogen-bond donors (Lipinski definition) is 0. The summed E-state index contributed by atoms with van der Waals surface area (Å²) >= 11 is 0. The minimum atomic E-state index is -0.492. The van der Waals surface area contributed by atoms with Crippen LogP contribution in [0.5, 0.6) is 11.5 Å². The lowest BCUT2D eigenvalue weighted by atomic mass is 10.2. The third kappa shape index (κ3) is 3.79. The Morgan fingerprint density at radius 1 is 1.19 bits per heavy atom. The van der Waals surface area contributed by atoms with Gasteiger partial charge in [0.2, 0.25) is 5.75 Å². The fraction of sp³-hybridized carbons (Fsp3) is 0.133. The minimum absolute atomic E-state index is 0.129. The SMILES string of the molecule is CO/N=C/c1ccc(Oc2ccc(C)cc2)c([N+](=O)[O-])c1. The molecule has 2 aromatic rings. The molecule has 0 saturated heterocycles. The van der Waals surface area contributed by atoms with Crippen molar-refractivity contribution in [1.29, 1.82) is 0 Å². The number of nitro groups is 1. The molecule has 0 aliphatic carbocycles. The number of aryl methyl sites for hydroxylation is 1. The molecule has 0 heterocycles. The highest BCUT2D eigenvalue weighted by atomic mass is 16.6. The Balaban J connectivity index is 2.32. The standard InChI is InChI=1S/C15H14N2O4/c1-11-3-6-13(7-4-11)21-15-8-5-12(10-16-20-2)9-14(15)17(18)19/h3-10H,1-2H3/b16-10+. The van der Waals surface area contributed by atoms with Gasteiger partial charge in [0.1, 0.15) is 12.9 Å². The first-order chi connectivity index (χ1) is 10.1. The Morgan fingerprint density at radius 2 is 1.90 bits per heavy atom. The van der Waals surface area contributed by atoms with Gasteiger partial charge in [0.15, 0.2) is 0 Å². The van der Waals surface area contributed by atoms with Crippen LogP contribution in [-0.4, -0.2) is 18.2 Å². The molecule has 0 amide bonds. The highest BCUT2D eigenvalue weighted by Gasteiger charge is 2.16. The van der Waals surface area contributed by atoms with Crippen molar-refractivity contribution in [2.75, 3.05) is 7.11 Å². The van der Waals surface area contributed by atoms with Crippen molar-refractivity contribution in [3.8, 4) is 11.5 Å². The van der Waals surface area contributed by atoms with Crippen LogP contribution in [0.25, 0.3) is 0 Å². The summed E-state index contributed by atoms with van der Waals surface area (Å²) in [6, 6.07) is 11.9. The second-order valence-electron chi connectivity index (χ2n) is 4.32. The summed E-state index contributed by atoms with van der Waals surface area (Å²) in [5.41, 5.74) is 1.51. The molecule has 2 aromatic carbocycles. The summed E-state index contributed by atoms with van der Waals surface area (Å²) in [6.07, 6.45) is 1.39. The van der Waals surface area contributed by atoms with E-state index in [9.17, 15) is 10.1 Å². The number of hydrogen-bond acceptors (Lipinski definition) is 5. The highest BCUT2D eigenvalue weighted by Crippen LogP contribution is 2.31. The van der Waals surface area contributed by atoms with Crippen molar-refractivity contribution >= 4 is 11.9 Å². The normalized spacial score (nSPS) is 10.6. The average molecular weight is 286 g/mol. The maximum atomic E-state index is 11.1. The van der Waals surface area contributed by atoms with E-state index in [4.69, 9.17) is 4.74 Å². The molecule has 0 saturated carbocycles. The molecule has 0 unspecified atom stereocenters. The molecule has 6 heteroatoms. The summed E-state index contributed by atoms with van der Waals surface area (Å²) in [7, 11) is 1.40. The third-order valence-corrected chi connectivity index (χ3v) is 2.74. The van der Waals surface area contributed by atoms with Gasteiger partial charge in [-0.2, -0.15) is 0 Å². The van der Waals surface area contributed by atoms with Crippen molar-refractivity contribution in [3.63, 3.8) is 0 Å². The number of oxime groups is 1. The van der Waals surface area contributed by atoms with Crippen LogP contribution in [0.2, 0.25) is 0 Å². The molecule has 0 N–H and O–H groups in total. The number of nitro benzene ring substituents is 1. The number of ether oxygens (including phenoxy) is 1. The van der Waals surface area contributed by atoms with E-state index in [1.54, 1.807) is 18.2 Å². The van der Waals surface area contributed by atoms with Gasteiger partial charge in [0.05, 0.1) is 11.1 Å². The Hall–Kier alpha value is -2.89. The Kier molecular flexibility index (Phi) is 4.50. The molecule has 21 heavy (non-hydrogen) atoms. The monoisotopic (exact) mass is 286 g/mol. The maximum Gasteiger partial charge on any atom is 0.312 e. The third-order valence-electron chi connectivity index (χ3n) is 2.74. The van der Waals surface area contributed by atoms with Gasteiger partial charge in [-0.25, -0.2) is 0 Å². The van der Waals surface area contributed by atoms with E-state index in [0.29, 0.717) is 11.3 Å². The molecular weight excluding hydrogens is 272 g/mol. The van der Waals surface area contributed by atoms with Crippen LogP contribution in [0.15, 0.2) is 47.6 Å². The van der Waals surface area contributed by atoms with Crippen LogP contribution in [0.1, 0.15) is 11.1 Å². The first-order valence-electron chi connectivity index (χ1n) is 6.19. The molecule has 0 radical (unpaired) electrons. The van der Waals surface area contributed by atoms with Gasteiger partial charge < -0.3 is 9.57 Å². The van der Waals surface area contributed by atoms with Gasteiger partial charge in [0, 0.05) is 11.6 Å². The zero-order valence-corrected chi connectivity index (χ0v) is 11.6. The lowest BCUT2D eigenvalue weighted by Gasteiger charge is -2.07. The Morgan fingerprint density at radius 3 is 2.52 bits per heavy atom. The fourth-order valence-electron chi connectivity index (χ4n) is 1.69. The van der Waals surface area contributed by atoms with Crippen LogP contribution in [0.4, 0.5) is 5.69 Å². The zero-order chi connectivity index (χ0) is 15.2. The summed E-state index contributed by atoms with van der Waals surface area (Å²) in [5, 5.41) is 14.7. The fourth-order valence-corrected chi connectivity index (χ4v) is 1.69. The molecule has 0 fully saturated rings. The molecule has 0 aromatic heterocycles. The van der Waals surface area contributed by atoms with E-state index >= 15 is 0 Å². The van der Waals surface area contributed by atoms with E-state index in [1.165, 1.54) is 25.5 Å². The molecule has 6 nitrogen and oxygen atoms in total. The maximum absolute atomic E-state index is 11.1. The summed E-state index contributed by atoms with van der Waals surface area (Å²) in [4.78, 5) is 15.2. The van der Waals surface area contributed by atoms with Gasteiger partial charge in [-0.1, -0.05) is 22.9 Å². The highest BCUT2D eigenvalue weighted by molar-refractivity contribution is 5.81. The van der Waals surface area contributed by atoms with Crippen LogP contribution in [0.3, 0.4) is 0 Å². The van der Waals surface area contributed by atoms with Crippen molar-refractivity contribution in [2.24, 2.45) is 5.16 Å². The summed E-state index contributed by atoms with van der Waals surface area (Å²) < 4.78 is 5.57. The molecule has 0 atom stereocenters. The lowest BCUT2D eigenvalue weighted by Crippen LogP contribution is -1.95. The first kappa shape index (κ1) is 14.5. The quantitative estimate of drug-likeness (QED) is 0.477. The van der Waals surface area contributed by atoms with E-state index in [1.807, 2.05) is 19.1 Å². The molecular formula is C15H14N2O4. The van der Waals surface area contributed by atoms with E-state index in [-0.39, 0.29) is 11.4 Å². The van der Waals surface area contributed by atoms with E-state index in [0.717, 1.165) is 5.56 Å².